The van der Waals surface area contributed by atoms with Crippen molar-refractivity contribution < 1.29 is 4.79 Å². The molecule has 106 valence electrons. The molecule has 1 aromatic heterocycles. The Morgan fingerprint density at radius 2 is 2.11 bits per heavy atom. The van der Waals surface area contributed by atoms with Gasteiger partial charge in [0.2, 0.25) is 0 Å². The highest BCUT2D eigenvalue weighted by Crippen LogP contribution is 2.20. The van der Waals surface area contributed by atoms with Crippen molar-refractivity contribution in [2.24, 2.45) is 18.9 Å². The number of nitrogens with one attached hydrogen (secondary N) is 1. The van der Waals surface area contributed by atoms with Crippen LogP contribution in [0.3, 0.4) is 0 Å². The molecule has 5 nitrogen and oxygen atoms in total. The molecule has 2 heterocycles. The molecule has 1 N–H and O–H groups in total. The SMILES string of the molecule is CC1CC(C)CN(CCNC(=O)c2ccnn2C)C1. The molecule has 2 unspecified atom stereocenters. The predicted molar refractivity (Wildman–Crippen MR) is 74.9 cm³/mol. The minimum Gasteiger partial charge on any atom is -0.349 e. The fourth-order valence-corrected chi connectivity index (χ4v) is 2.99. The van der Waals surface area contributed by atoms with E-state index in [9.17, 15) is 4.79 Å². The third-order valence-electron chi connectivity index (χ3n) is 3.71. The fraction of sp³-hybridized carbons (Fsp3) is 0.714. The molecular formula is C14H24N4O. The van der Waals surface area contributed by atoms with Gasteiger partial charge in [0, 0.05) is 39.4 Å². The summed E-state index contributed by atoms with van der Waals surface area (Å²) in [6, 6.07) is 1.74. The summed E-state index contributed by atoms with van der Waals surface area (Å²) in [5.74, 6) is 1.48. The molecule has 1 saturated heterocycles. The summed E-state index contributed by atoms with van der Waals surface area (Å²) >= 11 is 0. The van der Waals surface area contributed by atoms with Gasteiger partial charge >= 0.3 is 0 Å². The zero-order chi connectivity index (χ0) is 13.8. The maximum absolute atomic E-state index is 11.9. The van der Waals surface area contributed by atoms with Gasteiger partial charge in [0.15, 0.2) is 0 Å². The molecule has 5 heteroatoms. The number of amides is 1. The number of carbonyl (C=O) groups excluding carboxylic acids is 1. The molecule has 1 aromatic rings. The first kappa shape index (κ1) is 14.1. The number of carbonyl (C=O) groups is 1. The first-order valence-corrected chi connectivity index (χ1v) is 7.05. The van der Waals surface area contributed by atoms with Crippen LogP contribution in [-0.2, 0) is 7.05 Å². The van der Waals surface area contributed by atoms with Gasteiger partial charge in [-0.15, -0.1) is 0 Å². The molecule has 0 aromatic carbocycles. The van der Waals surface area contributed by atoms with Crippen LogP contribution in [0.15, 0.2) is 12.3 Å². The van der Waals surface area contributed by atoms with Gasteiger partial charge in [-0.05, 0) is 24.3 Å². The lowest BCUT2D eigenvalue weighted by Crippen LogP contribution is -2.43. The Hall–Kier alpha value is -1.36. The van der Waals surface area contributed by atoms with E-state index >= 15 is 0 Å². The second kappa shape index (κ2) is 6.19. The highest BCUT2D eigenvalue weighted by Gasteiger charge is 2.21. The van der Waals surface area contributed by atoms with Crippen molar-refractivity contribution in [2.75, 3.05) is 26.2 Å². The highest BCUT2D eigenvalue weighted by atomic mass is 16.2. The molecule has 0 radical (unpaired) electrons. The van der Waals surface area contributed by atoms with E-state index in [0.717, 1.165) is 31.5 Å². The molecule has 0 saturated carbocycles. The van der Waals surface area contributed by atoms with Crippen molar-refractivity contribution in [2.45, 2.75) is 20.3 Å². The van der Waals surface area contributed by atoms with Crippen molar-refractivity contribution >= 4 is 5.91 Å². The standard InChI is InChI=1S/C14H24N4O/c1-11-8-12(2)10-18(9-11)7-6-15-14(19)13-4-5-16-17(13)3/h4-5,11-12H,6-10H2,1-3H3,(H,15,19). The Labute approximate surface area is 115 Å². The third kappa shape index (κ3) is 3.80. The van der Waals surface area contributed by atoms with Crippen molar-refractivity contribution in [1.29, 1.82) is 0 Å². The summed E-state index contributed by atoms with van der Waals surface area (Å²) in [4.78, 5) is 14.4. The maximum Gasteiger partial charge on any atom is 0.269 e. The van der Waals surface area contributed by atoms with Crippen LogP contribution in [0, 0.1) is 11.8 Å². The zero-order valence-corrected chi connectivity index (χ0v) is 12.1. The van der Waals surface area contributed by atoms with Crippen LogP contribution in [0.2, 0.25) is 0 Å². The van der Waals surface area contributed by atoms with Gasteiger partial charge in [-0.1, -0.05) is 13.8 Å². The molecule has 1 aliphatic heterocycles. The van der Waals surface area contributed by atoms with E-state index < -0.39 is 0 Å². The van der Waals surface area contributed by atoms with Crippen LogP contribution in [0.25, 0.3) is 0 Å². The molecule has 1 amide bonds. The van der Waals surface area contributed by atoms with Crippen molar-refractivity contribution in [3.63, 3.8) is 0 Å². The average Bonchev–Trinajstić information content (AvgIpc) is 2.74. The van der Waals surface area contributed by atoms with Crippen LogP contribution in [-0.4, -0.2) is 46.8 Å². The topological polar surface area (TPSA) is 50.2 Å². The number of rotatable bonds is 4. The van der Waals surface area contributed by atoms with Crippen LogP contribution < -0.4 is 5.32 Å². The van der Waals surface area contributed by atoms with E-state index in [4.69, 9.17) is 0 Å². The van der Waals surface area contributed by atoms with Gasteiger partial charge in [-0.2, -0.15) is 5.10 Å². The van der Waals surface area contributed by atoms with E-state index in [1.54, 1.807) is 24.0 Å². The largest absolute Gasteiger partial charge is 0.349 e. The fourth-order valence-electron chi connectivity index (χ4n) is 2.99. The van der Waals surface area contributed by atoms with E-state index in [0.29, 0.717) is 12.2 Å². The summed E-state index contributed by atoms with van der Waals surface area (Å²) in [5.41, 5.74) is 0.611. The highest BCUT2D eigenvalue weighted by molar-refractivity contribution is 5.92. The van der Waals surface area contributed by atoms with Crippen molar-refractivity contribution in [3.8, 4) is 0 Å². The Morgan fingerprint density at radius 3 is 2.68 bits per heavy atom. The molecular weight excluding hydrogens is 240 g/mol. The second-order valence-electron chi connectivity index (χ2n) is 5.80. The lowest BCUT2D eigenvalue weighted by Gasteiger charge is -2.34. The molecule has 2 atom stereocenters. The monoisotopic (exact) mass is 264 g/mol. The number of aryl methyl sites for hydroxylation is 1. The van der Waals surface area contributed by atoms with Crippen LogP contribution in [0.1, 0.15) is 30.8 Å². The predicted octanol–water partition coefficient (Wildman–Crippen LogP) is 1.13. The van der Waals surface area contributed by atoms with Gasteiger partial charge in [-0.25, -0.2) is 0 Å². The second-order valence-corrected chi connectivity index (χ2v) is 5.80. The smallest absolute Gasteiger partial charge is 0.269 e. The van der Waals surface area contributed by atoms with E-state index in [1.807, 2.05) is 0 Å². The number of hydrogen-bond acceptors (Lipinski definition) is 3. The summed E-state index contributed by atoms with van der Waals surface area (Å²) < 4.78 is 1.60. The molecule has 0 bridgehead atoms. The Kier molecular flexibility index (Phi) is 4.58. The summed E-state index contributed by atoms with van der Waals surface area (Å²) in [6.07, 6.45) is 2.96. The first-order valence-electron chi connectivity index (χ1n) is 7.05. The van der Waals surface area contributed by atoms with Gasteiger partial charge < -0.3 is 10.2 Å². The Morgan fingerprint density at radius 1 is 1.42 bits per heavy atom. The van der Waals surface area contributed by atoms with Crippen molar-refractivity contribution in [1.82, 2.24) is 20.0 Å². The van der Waals surface area contributed by atoms with Crippen LogP contribution in [0.5, 0.6) is 0 Å². The lowest BCUT2D eigenvalue weighted by atomic mass is 9.92. The van der Waals surface area contributed by atoms with Crippen molar-refractivity contribution in [3.05, 3.63) is 18.0 Å². The maximum atomic E-state index is 11.9. The summed E-state index contributed by atoms with van der Waals surface area (Å²) in [6.45, 7) is 8.52. The third-order valence-corrected chi connectivity index (χ3v) is 3.71. The van der Waals surface area contributed by atoms with Crippen LogP contribution >= 0.6 is 0 Å². The molecule has 1 fully saturated rings. The van der Waals surface area contributed by atoms with Gasteiger partial charge in [0.05, 0.1) is 0 Å². The quantitative estimate of drug-likeness (QED) is 0.887. The van der Waals surface area contributed by atoms with Gasteiger partial charge in [-0.3, -0.25) is 9.48 Å². The summed E-state index contributed by atoms with van der Waals surface area (Å²) in [7, 11) is 1.78. The Balaban J connectivity index is 1.75. The number of nitrogens with zero attached hydrogens (tertiary/aromatic N) is 3. The van der Waals surface area contributed by atoms with Gasteiger partial charge in [0.25, 0.3) is 5.91 Å². The first-order chi connectivity index (χ1) is 9.06. The lowest BCUT2D eigenvalue weighted by molar-refractivity contribution is 0.0927. The number of hydrogen-bond donors (Lipinski definition) is 1. The number of piperidine rings is 1. The molecule has 1 aliphatic rings. The number of likely N-dealkylation sites (tertiary alicyclic amines) is 1. The molecule has 19 heavy (non-hydrogen) atoms. The molecule has 0 spiro atoms. The van der Waals surface area contributed by atoms with Crippen LogP contribution in [0.4, 0.5) is 0 Å². The average molecular weight is 264 g/mol. The van der Waals surface area contributed by atoms with E-state index in [1.165, 1.54) is 6.42 Å². The normalized spacial score (nSPS) is 24.4. The molecule has 2 rings (SSSR count). The minimum absolute atomic E-state index is 0.0434. The van der Waals surface area contributed by atoms with E-state index in [-0.39, 0.29) is 5.91 Å². The summed E-state index contributed by atoms with van der Waals surface area (Å²) in [5, 5.41) is 6.96. The van der Waals surface area contributed by atoms with E-state index in [2.05, 4.69) is 29.2 Å². The van der Waals surface area contributed by atoms with Gasteiger partial charge in [0.1, 0.15) is 5.69 Å². The number of aromatic nitrogens is 2. The zero-order valence-electron chi connectivity index (χ0n) is 12.1. The Bertz CT molecular complexity index is 419. The minimum atomic E-state index is -0.0434. The molecule has 0 aliphatic carbocycles.